The molecule has 2 aromatic rings. The molecule has 2 amide bonds. The molecular weight excluding hydrogens is 362 g/mol. The summed E-state index contributed by atoms with van der Waals surface area (Å²) in [4.78, 5) is 33.3. The van der Waals surface area contributed by atoms with Gasteiger partial charge in [0.1, 0.15) is 19.0 Å². The highest BCUT2D eigenvalue weighted by Gasteiger charge is 2.28. The van der Waals surface area contributed by atoms with Crippen molar-refractivity contribution in [3.05, 3.63) is 36.5 Å². The third-order valence-corrected chi connectivity index (χ3v) is 4.70. The standard InChI is InChI=1S/C18H21N7O3/c26-17(13-25-11-12-28-18(25)27)24-9-7-23(8-10-24)16-5-4-15(21-22-16)20-14-3-1-2-6-19-14/h1-6H,7-13H2,(H,19,20,21). The largest absolute Gasteiger partial charge is 0.448 e. The summed E-state index contributed by atoms with van der Waals surface area (Å²) >= 11 is 0. The minimum absolute atomic E-state index is 0.0560. The highest BCUT2D eigenvalue weighted by Crippen LogP contribution is 2.16. The summed E-state index contributed by atoms with van der Waals surface area (Å²) < 4.78 is 4.86. The molecule has 0 bridgehead atoms. The Balaban J connectivity index is 1.28. The highest BCUT2D eigenvalue weighted by atomic mass is 16.6. The monoisotopic (exact) mass is 383 g/mol. The lowest BCUT2D eigenvalue weighted by Crippen LogP contribution is -2.51. The van der Waals surface area contributed by atoms with Gasteiger partial charge in [-0.3, -0.25) is 9.69 Å². The Morgan fingerprint density at radius 2 is 1.89 bits per heavy atom. The zero-order chi connectivity index (χ0) is 19.3. The summed E-state index contributed by atoms with van der Waals surface area (Å²) in [5.74, 6) is 2.04. The Morgan fingerprint density at radius 3 is 2.54 bits per heavy atom. The molecule has 28 heavy (non-hydrogen) atoms. The fourth-order valence-corrected chi connectivity index (χ4v) is 3.15. The van der Waals surface area contributed by atoms with Gasteiger partial charge in [0.2, 0.25) is 5.91 Å². The molecule has 2 fully saturated rings. The van der Waals surface area contributed by atoms with Crippen LogP contribution in [0, 0.1) is 0 Å². The number of piperazine rings is 1. The van der Waals surface area contributed by atoms with Gasteiger partial charge in [0, 0.05) is 32.4 Å². The number of hydrogen-bond acceptors (Lipinski definition) is 8. The summed E-state index contributed by atoms with van der Waals surface area (Å²) in [5, 5.41) is 11.6. The van der Waals surface area contributed by atoms with E-state index in [0.717, 1.165) is 5.82 Å². The number of rotatable bonds is 5. The third kappa shape index (κ3) is 4.11. The molecule has 2 aliphatic rings. The van der Waals surface area contributed by atoms with E-state index in [4.69, 9.17) is 4.74 Å². The van der Waals surface area contributed by atoms with Crippen LogP contribution in [0.4, 0.5) is 22.2 Å². The van der Waals surface area contributed by atoms with Gasteiger partial charge in [-0.1, -0.05) is 6.07 Å². The molecule has 0 radical (unpaired) electrons. The van der Waals surface area contributed by atoms with Crippen LogP contribution < -0.4 is 10.2 Å². The van der Waals surface area contributed by atoms with E-state index in [1.807, 2.05) is 30.3 Å². The summed E-state index contributed by atoms with van der Waals surface area (Å²) in [6.45, 7) is 3.39. The third-order valence-electron chi connectivity index (χ3n) is 4.70. The van der Waals surface area contributed by atoms with Crippen LogP contribution in [-0.2, 0) is 9.53 Å². The first-order chi connectivity index (χ1) is 13.7. The predicted molar refractivity (Wildman–Crippen MR) is 101 cm³/mol. The Hall–Kier alpha value is -3.43. The van der Waals surface area contributed by atoms with Gasteiger partial charge in [0.05, 0.1) is 6.54 Å². The van der Waals surface area contributed by atoms with Gasteiger partial charge in [-0.25, -0.2) is 9.78 Å². The summed E-state index contributed by atoms with van der Waals surface area (Å²) in [6.07, 6.45) is 1.29. The second kappa shape index (κ2) is 8.07. The maximum absolute atomic E-state index is 12.4. The molecular formula is C18H21N7O3. The van der Waals surface area contributed by atoms with Crippen molar-refractivity contribution in [2.24, 2.45) is 0 Å². The first kappa shape index (κ1) is 18.0. The number of anilines is 3. The van der Waals surface area contributed by atoms with Crippen molar-refractivity contribution in [2.75, 3.05) is 56.1 Å². The lowest BCUT2D eigenvalue weighted by atomic mass is 10.3. The van der Waals surface area contributed by atoms with Gasteiger partial charge < -0.3 is 19.9 Å². The van der Waals surface area contributed by atoms with Crippen molar-refractivity contribution in [1.29, 1.82) is 0 Å². The molecule has 2 saturated heterocycles. The van der Waals surface area contributed by atoms with Crippen molar-refractivity contribution in [1.82, 2.24) is 25.0 Å². The van der Waals surface area contributed by atoms with Gasteiger partial charge in [-0.15, -0.1) is 10.2 Å². The molecule has 0 unspecified atom stereocenters. The van der Waals surface area contributed by atoms with E-state index in [2.05, 4.69) is 25.4 Å². The van der Waals surface area contributed by atoms with E-state index in [9.17, 15) is 9.59 Å². The lowest BCUT2D eigenvalue weighted by Gasteiger charge is -2.35. The van der Waals surface area contributed by atoms with Gasteiger partial charge in [0.15, 0.2) is 11.6 Å². The number of pyridine rings is 1. The van der Waals surface area contributed by atoms with Crippen molar-refractivity contribution in [3.8, 4) is 0 Å². The van der Waals surface area contributed by atoms with Gasteiger partial charge in [0.25, 0.3) is 0 Å². The zero-order valence-corrected chi connectivity index (χ0v) is 15.3. The van der Waals surface area contributed by atoms with Crippen LogP contribution in [0.3, 0.4) is 0 Å². The number of carbonyl (C=O) groups is 2. The first-order valence-electron chi connectivity index (χ1n) is 9.15. The van der Waals surface area contributed by atoms with E-state index >= 15 is 0 Å². The Bertz CT molecular complexity index is 823. The molecule has 0 aromatic carbocycles. The van der Waals surface area contributed by atoms with Crippen LogP contribution in [0.1, 0.15) is 0 Å². The topological polar surface area (TPSA) is 104 Å². The van der Waals surface area contributed by atoms with E-state index in [-0.39, 0.29) is 12.5 Å². The zero-order valence-electron chi connectivity index (χ0n) is 15.3. The molecule has 4 heterocycles. The number of nitrogens with one attached hydrogen (secondary N) is 1. The number of cyclic esters (lactones) is 1. The molecule has 146 valence electrons. The number of amides is 2. The molecule has 2 aromatic heterocycles. The highest BCUT2D eigenvalue weighted by molar-refractivity contribution is 5.83. The van der Waals surface area contributed by atoms with Crippen molar-refractivity contribution >= 4 is 29.5 Å². The number of ether oxygens (including phenoxy) is 1. The molecule has 10 nitrogen and oxygen atoms in total. The minimum Gasteiger partial charge on any atom is -0.448 e. The van der Waals surface area contributed by atoms with Crippen LogP contribution in [-0.4, -0.2) is 82.9 Å². The summed E-state index contributed by atoms with van der Waals surface area (Å²) in [5.41, 5.74) is 0. The van der Waals surface area contributed by atoms with Crippen LogP contribution in [0.5, 0.6) is 0 Å². The van der Waals surface area contributed by atoms with Crippen molar-refractivity contribution in [2.45, 2.75) is 0 Å². The van der Waals surface area contributed by atoms with Crippen LogP contribution in [0.2, 0.25) is 0 Å². The first-order valence-corrected chi connectivity index (χ1v) is 9.15. The number of carbonyl (C=O) groups excluding carboxylic acids is 2. The molecule has 0 aliphatic carbocycles. The molecule has 0 atom stereocenters. The summed E-state index contributed by atoms with van der Waals surface area (Å²) in [7, 11) is 0. The van der Waals surface area contributed by atoms with E-state index < -0.39 is 6.09 Å². The van der Waals surface area contributed by atoms with Crippen LogP contribution in [0.15, 0.2) is 36.5 Å². The van der Waals surface area contributed by atoms with Crippen LogP contribution in [0.25, 0.3) is 0 Å². The lowest BCUT2D eigenvalue weighted by molar-refractivity contribution is -0.132. The fraction of sp³-hybridized carbons (Fsp3) is 0.389. The van der Waals surface area contributed by atoms with E-state index in [1.54, 1.807) is 11.1 Å². The van der Waals surface area contributed by atoms with Gasteiger partial charge >= 0.3 is 6.09 Å². The smallest absolute Gasteiger partial charge is 0.410 e. The van der Waals surface area contributed by atoms with Gasteiger partial charge in [-0.2, -0.15) is 0 Å². The molecule has 0 saturated carbocycles. The quantitative estimate of drug-likeness (QED) is 0.805. The number of aromatic nitrogens is 3. The maximum atomic E-state index is 12.4. The second-order valence-electron chi connectivity index (χ2n) is 6.52. The molecule has 0 spiro atoms. The molecule has 10 heteroatoms. The Morgan fingerprint density at radius 1 is 1.04 bits per heavy atom. The molecule has 4 rings (SSSR count). The maximum Gasteiger partial charge on any atom is 0.410 e. The normalized spacial score (nSPS) is 16.9. The average Bonchev–Trinajstić information content (AvgIpc) is 3.14. The molecule has 1 N–H and O–H groups in total. The Kier molecular flexibility index (Phi) is 5.18. The number of hydrogen-bond donors (Lipinski definition) is 1. The van der Waals surface area contributed by atoms with E-state index in [0.29, 0.717) is 51.0 Å². The SMILES string of the molecule is O=C(CN1CCOC1=O)N1CCN(c2ccc(Nc3ccccn3)nn2)CC1. The minimum atomic E-state index is -0.415. The summed E-state index contributed by atoms with van der Waals surface area (Å²) in [6, 6.07) is 9.35. The van der Waals surface area contributed by atoms with Crippen molar-refractivity contribution in [3.63, 3.8) is 0 Å². The van der Waals surface area contributed by atoms with Gasteiger partial charge in [-0.05, 0) is 24.3 Å². The van der Waals surface area contributed by atoms with E-state index in [1.165, 1.54) is 4.90 Å². The second-order valence-corrected chi connectivity index (χ2v) is 6.52. The molecule has 2 aliphatic heterocycles. The van der Waals surface area contributed by atoms with Crippen LogP contribution >= 0.6 is 0 Å². The Labute approximate surface area is 162 Å². The fourth-order valence-electron chi connectivity index (χ4n) is 3.15. The predicted octanol–water partition coefficient (Wildman–Crippen LogP) is 0.716. The van der Waals surface area contributed by atoms with Crippen molar-refractivity contribution < 1.29 is 14.3 Å². The average molecular weight is 383 g/mol. The number of nitrogens with zero attached hydrogens (tertiary/aromatic N) is 6.